The second-order valence-corrected chi connectivity index (χ2v) is 11.8. The van der Waals surface area contributed by atoms with Gasteiger partial charge >= 0.3 is 0 Å². The first-order chi connectivity index (χ1) is 18.8. The summed E-state index contributed by atoms with van der Waals surface area (Å²) in [5.41, 5.74) is 2.01. The number of nitrogens with one attached hydrogen (secondary N) is 1. The number of sulfonamides is 1. The summed E-state index contributed by atoms with van der Waals surface area (Å²) in [5, 5.41) is 9.87. The number of methoxy groups -OCH3 is 3. The molecule has 0 aliphatic heterocycles. The van der Waals surface area contributed by atoms with Gasteiger partial charge in [-0.3, -0.25) is 4.72 Å². The average molecular weight is 574 g/mol. The lowest BCUT2D eigenvalue weighted by Crippen LogP contribution is -2.33. The predicted molar refractivity (Wildman–Crippen MR) is 142 cm³/mol. The zero-order valence-corrected chi connectivity index (χ0v) is 23.5. The molecule has 1 aliphatic carbocycles. The van der Waals surface area contributed by atoms with E-state index in [0.717, 1.165) is 24.1 Å². The third-order valence-corrected chi connectivity index (χ3v) is 8.75. The Hall–Kier alpha value is -3.76. The molecule has 0 aromatic carbocycles. The molecule has 4 aromatic heterocycles. The van der Waals surface area contributed by atoms with Crippen LogP contribution < -0.4 is 14.2 Å². The normalized spacial score (nSPS) is 15.1. The van der Waals surface area contributed by atoms with Crippen molar-refractivity contribution in [3.8, 4) is 28.3 Å². The summed E-state index contributed by atoms with van der Waals surface area (Å²) in [4.78, 5) is 21.6. The van der Waals surface area contributed by atoms with Crippen molar-refractivity contribution in [3.05, 3.63) is 41.2 Å². The minimum absolute atomic E-state index is 0.123. The molecule has 0 radical (unpaired) electrons. The van der Waals surface area contributed by atoms with Crippen LogP contribution in [-0.2, 0) is 14.8 Å². The van der Waals surface area contributed by atoms with E-state index in [9.17, 15) is 8.42 Å². The highest BCUT2D eigenvalue weighted by Gasteiger charge is 2.36. The summed E-state index contributed by atoms with van der Waals surface area (Å²) < 4.78 is 47.7. The fourth-order valence-corrected chi connectivity index (χ4v) is 5.94. The molecule has 0 spiro atoms. The van der Waals surface area contributed by atoms with Gasteiger partial charge in [0.15, 0.2) is 22.3 Å². The fourth-order valence-electron chi connectivity index (χ4n) is 3.93. The van der Waals surface area contributed by atoms with E-state index in [2.05, 4.69) is 34.9 Å². The first-order valence-corrected chi connectivity index (χ1v) is 14.4. The SMILES string of the molecule is COc1ncnc(OC)c1-n1c(NS(=O)(=O)[C@@H](C)[C@H](OC)c2ncc(C)cn2)nnc1-c1nc(C2CC2)cs1. The van der Waals surface area contributed by atoms with Crippen LogP contribution in [0, 0.1) is 6.92 Å². The molecule has 39 heavy (non-hydrogen) atoms. The van der Waals surface area contributed by atoms with E-state index in [0.29, 0.717) is 10.9 Å². The molecule has 0 unspecified atom stereocenters. The number of hydrogen-bond acceptors (Lipinski definition) is 13. The van der Waals surface area contributed by atoms with Crippen molar-refractivity contribution in [1.29, 1.82) is 0 Å². The molecule has 2 atom stereocenters. The Morgan fingerprint density at radius 1 is 1.05 bits per heavy atom. The van der Waals surface area contributed by atoms with E-state index in [4.69, 9.17) is 19.2 Å². The van der Waals surface area contributed by atoms with Gasteiger partial charge in [-0.05, 0) is 32.3 Å². The lowest BCUT2D eigenvalue weighted by molar-refractivity contribution is 0.0949. The second-order valence-electron chi connectivity index (χ2n) is 8.90. The molecule has 1 N–H and O–H groups in total. The van der Waals surface area contributed by atoms with Crippen LogP contribution in [-0.4, -0.2) is 74.7 Å². The van der Waals surface area contributed by atoms with Crippen molar-refractivity contribution in [2.24, 2.45) is 0 Å². The lowest BCUT2D eigenvalue weighted by Gasteiger charge is -2.22. The van der Waals surface area contributed by atoms with Gasteiger partial charge in [0.25, 0.3) is 0 Å². The first kappa shape index (κ1) is 26.8. The highest BCUT2D eigenvalue weighted by molar-refractivity contribution is 7.93. The van der Waals surface area contributed by atoms with Gasteiger partial charge in [-0.1, -0.05) is 0 Å². The third kappa shape index (κ3) is 5.26. The molecule has 0 bridgehead atoms. The second kappa shape index (κ2) is 10.8. The van der Waals surface area contributed by atoms with Crippen LogP contribution >= 0.6 is 11.3 Å². The molecule has 0 saturated heterocycles. The van der Waals surface area contributed by atoms with Crippen LogP contribution in [0.4, 0.5) is 5.95 Å². The van der Waals surface area contributed by atoms with E-state index >= 15 is 0 Å². The number of thiazole rings is 1. The maximum atomic E-state index is 13.6. The van der Waals surface area contributed by atoms with Gasteiger partial charge in [-0.2, -0.15) is 9.97 Å². The van der Waals surface area contributed by atoms with Gasteiger partial charge in [0.1, 0.15) is 17.7 Å². The smallest absolute Gasteiger partial charge is 0.245 e. The first-order valence-electron chi connectivity index (χ1n) is 11.9. The number of nitrogens with zero attached hydrogens (tertiary/aromatic N) is 8. The van der Waals surface area contributed by atoms with Crippen molar-refractivity contribution in [1.82, 2.24) is 39.7 Å². The molecule has 4 aromatic rings. The molecule has 4 heterocycles. The summed E-state index contributed by atoms with van der Waals surface area (Å²) in [5.74, 6) is 1.04. The Labute approximate surface area is 228 Å². The Kier molecular flexibility index (Phi) is 7.42. The van der Waals surface area contributed by atoms with Crippen LogP contribution in [0.15, 0.2) is 24.1 Å². The molecule has 206 valence electrons. The maximum absolute atomic E-state index is 13.6. The minimum Gasteiger partial charge on any atom is -0.479 e. The van der Waals surface area contributed by atoms with Crippen LogP contribution in [0.3, 0.4) is 0 Å². The van der Waals surface area contributed by atoms with Crippen molar-refractivity contribution < 1.29 is 22.6 Å². The van der Waals surface area contributed by atoms with Crippen LogP contribution in [0.1, 0.15) is 48.9 Å². The van der Waals surface area contributed by atoms with E-state index in [1.54, 1.807) is 12.4 Å². The zero-order valence-electron chi connectivity index (χ0n) is 21.9. The molecule has 1 fully saturated rings. The minimum atomic E-state index is -4.14. The van der Waals surface area contributed by atoms with E-state index in [-0.39, 0.29) is 35.0 Å². The summed E-state index contributed by atoms with van der Waals surface area (Å²) in [6, 6.07) is 0. The van der Waals surface area contributed by atoms with E-state index in [1.165, 1.54) is 50.5 Å². The van der Waals surface area contributed by atoms with Gasteiger partial charge in [0, 0.05) is 30.8 Å². The number of anilines is 1. The highest BCUT2D eigenvalue weighted by atomic mass is 32.2. The summed E-state index contributed by atoms with van der Waals surface area (Å²) in [6.45, 7) is 3.33. The average Bonchev–Trinajstić information content (AvgIpc) is 3.53. The van der Waals surface area contributed by atoms with Crippen LogP contribution in [0.5, 0.6) is 11.8 Å². The molecule has 1 aliphatic rings. The van der Waals surface area contributed by atoms with Gasteiger partial charge in [-0.15, -0.1) is 21.5 Å². The number of hydrogen-bond donors (Lipinski definition) is 1. The molecule has 1 saturated carbocycles. The quantitative estimate of drug-likeness (QED) is 0.279. The molecule has 14 nitrogen and oxygen atoms in total. The van der Waals surface area contributed by atoms with E-state index < -0.39 is 21.4 Å². The van der Waals surface area contributed by atoms with Gasteiger partial charge in [-0.25, -0.2) is 27.9 Å². The Morgan fingerprint density at radius 2 is 1.72 bits per heavy atom. The number of ether oxygens (including phenoxy) is 3. The van der Waals surface area contributed by atoms with E-state index in [1.807, 2.05) is 12.3 Å². The third-order valence-electron chi connectivity index (χ3n) is 6.20. The Balaban J connectivity index is 1.59. The van der Waals surface area contributed by atoms with Gasteiger partial charge < -0.3 is 14.2 Å². The maximum Gasteiger partial charge on any atom is 0.245 e. The summed E-state index contributed by atoms with van der Waals surface area (Å²) in [6.07, 6.45) is 5.68. The standard InChI is InChI=1S/C23H27N9O5S2/c1-12-8-24-18(25-9-12)17(35-3)13(2)39(33,34)31-23-30-29-19(22-28-15(10-38-22)14-6-7-14)32(23)16-20(36-4)26-11-27-21(16)37-5/h8-11,13-14,17H,6-7H2,1-5H3,(H,30,31)/t13-,17-/m0/s1. The zero-order chi connectivity index (χ0) is 27.7. The van der Waals surface area contributed by atoms with Gasteiger partial charge in [0.05, 0.1) is 19.9 Å². The van der Waals surface area contributed by atoms with Crippen molar-refractivity contribution in [3.63, 3.8) is 0 Å². The summed E-state index contributed by atoms with van der Waals surface area (Å²) >= 11 is 1.38. The Morgan fingerprint density at radius 3 is 2.31 bits per heavy atom. The molecular weight excluding hydrogens is 546 g/mol. The van der Waals surface area contributed by atoms with Gasteiger partial charge in [0.2, 0.25) is 27.7 Å². The topological polar surface area (TPSA) is 169 Å². The van der Waals surface area contributed by atoms with Crippen molar-refractivity contribution in [2.75, 3.05) is 26.1 Å². The lowest BCUT2D eigenvalue weighted by atomic mass is 10.2. The highest BCUT2D eigenvalue weighted by Crippen LogP contribution is 2.42. The Bertz CT molecular complexity index is 1550. The predicted octanol–water partition coefficient (Wildman–Crippen LogP) is 2.69. The number of aromatic nitrogens is 8. The van der Waals surface area contributed by atoms with Crippen LogP contribution in [0.2, 0.25) is 0 Å². The fraction of sp³-hybridized carbons (Fsp3) is 0.435. The molecule has 5 rings (SSSR count). The van der Waals surface area contributed by atoms with Crippen molar-refractivity contribution in [2.45, 2.75) is 44.0 Å². The number of aryl methyl sites for hydroxylation is 1. The number of rotatable bonds is 11. The van der Waals surface area contributed by atoms with Crippen molar-refractivity contribution >= 4 is 27.3 Å². The molecule has 0 amide bonds. The molecular formula is C23H27N9O5S2. The molecule has 16 heteroatoms. The monoisotopic (exact) mass is 573 g/mol. The largest absolute Gasteiger partial charge is 0.479 e. The van der Waals surface area contributed by atoms with Crippen LogP contribution in [0.25, 0.3) is 16.5 Å². The summed E-state index contributed by atoms with van der Waals surface area (Å²) in [7, 11) is 0.125.